The highest BCUT2D eigenvalue weighted by Crippen LogP contribution is 2.35. The zero-order chi connectivity index (χ0) is 12.3. The summed E-state index contributed by atoms with van der Waals surface area (Å²) in [6, 6.07) is 10.5. The maximum Gasteiger partial charge on any atom is 0.137 e. The van der Waals surface area contributed by atoms with E-state index in [2.05, 4.69) is 56.0 Å². The summed E-state index contributed by atoms with van der Waals surface area (Å²) in [6.07, 6.45) is 2.61. The van der Waals surface area contributed by atoms with E-state index in [4.69, 9.17) is 4.74 Å². The molecule has 0 aliphatic carbocycles. The lowest BCUT2D eigenvalue weighted by molar-refractivity contribution is -0.0409. The summed E-state index contributed by atoms with van der Waals surface area (Å²) in [7, 11) is 0. The summed E-state index contributed by atoms with van der Waals surface area (Å²) in [5, 5.41) is 0. The monoisotopic (exact) mass is 233 g/mol. The zero-order valence-corrected chi connectivity index (χ0v) is 11.1. The molecule has 1 aromatic rings. The first-order valence-corrected chi connectivity index (χ1v) is 6.59. The number of unbranched alkanes of at least 4 members (excludes halogenated alkanes) is 1. The van der Waals surface area contributed by atoms with Crippen molar-refractivity contribution < 1.29 is 4.74 Å². The van der Waals surface area contributed by atoms with Crippen molar-refractivity contribution in [3.63, 3.8) is 0 Å². The molecule has 1 aromatic carbocycles. The second-order valence-corrected chi connectivity index (χ2v) is 5.46. The van der Waals surface area contributed by atoms with Gasteiger partial charge in [0, 0.05) is 13.1 Å². The van der Waals surface area contributed by atoms with Crippen LogP contribution in [-0.2, 0) is 4.74 Å². The van der Waals surface area contributed by atoms with Crippen LogP contribution in [0, 0.1) is 0 Å². The predicted octanol–water partition coefficient (Wildman–Crippen LogP) is 3.60. The van der Waals surface area contributed by atoms with Gasteiger partial charge in [-0.1, -0.05) is 43.7 Å². The Morgan fingerprint density at radius 1 is 1.29 bits per heavy atom. The molecule has 2 rings (SSSR count). The molecule has 0 aromatic heterocycles. The molecular weight excluding hydrogens is 210 g/mol. The molecule has 1 saturated heterocycles. The van der Waals surface area contributed by atoms with Crippen molar-refractivity contribution in [2.75, 3.05) is 13.1 Å². The molecule has 1 aliphatic heterocycles. The average Bonchev–Trinajstić information content (AvgIpc) is 2.63. The molecule has 2 nitrogen and oxygen atoms in total. The van der Waals surface area contributed by atoms with E-state index < -0.39 is 0 Å². The first kappa shape index (κ1) is 12.6. The van der Waals surface area contributed by atoms with Crippen LogP contribution in [0.4, 0.5) is 0 Å². The minimum absolute atomic E-state index is 0.0335. The SMILES string of the molecule is CCCCN1CC(C)(C)OC1c1ccccc1. The summed E-state index contributed by atoms with van der Waals surface area (Å²) < 4.78 is 6.17. The Morgan fingerprint density at radius 2 is 2.00 bits per heavy atom. The van der Waals surface area contributed by atoms with E-state index in [-0.39, 0.29) is 11.8 Å². The molecule has 1 unspecified atom stereocenters. The van der Waals surface area contributed by atoms with Gasteiger partial charge in [0.1, 0.15) is 6.23 Å². The van der Waals surface area contributed by atoms with Gasteiger partial charge < -0.3 is 4.74 Å². The minimum atomic E-state index is -0.0335. The fraction of sp³-hybridized carbons (Fsp3) is 0.600. The molecule has 1 atom stereocenters. The third kappa shape index (κ3) is 3.08. The fourth-order valence-corrected chi connectivity index (χ4v) is 2.44. The fourth-order valence-electron chi connectivity index (χ4n) is 2.44. The van der Waals surface area contributed by atoms with Gasteiger partial charge in [0.15, 0.2) is 0 Å². The highest BCUT2D eigenvalue weighted by Gasteiger charge is 2.38. The van der Waals surface area contributed by atoms with Gasteiger partial charge >= 0.3 is 0 Å². The van der Waals surface area contributed by atoms with Crippen LogP contribution in [0.3, 0.4) is 0 Å². The van der Waals surface area contributed by atoms with E-state index in [0.717, 1.165) is 13.1 Å². The van der Waals surface area contributed by atoms with Crippen LogP contribution in [0.2, 0.25) is 0 Å². The van der Waals surface area contributed by atoms with Crippen molar-refractivity contribution in [3.05, 3.63) is 35.9 Å². The Hall–Kier alpha value is -0.860. The van der Waals surface area contributed by atoms with Crippen LogP contribution in [-0.4, -0.2) is 23.6 Å². The summed E-state index contributed by atoms with van der Waals surface area (Å²) in [6.45, 7) is 8.73. The number of benzene rings is 1. The highest BCUT2D eigenvalue weighted by atomic mass is 16.5. The lowest BCUT2D eigenvalue weighted by atomic mass is 10.1. The van der Waals surface area contributed by atoms with Gasteiger partial charge in [-0.25, -0.2) is 0 Å². The standard InChI is InChI=1S/C15H23NO/c1-4-5-11-16-12-15(2,3)17-14(16)13-9-7-6-8-10-13/h6-10,14H,4-5,11-12H2,1-3H3. The zero-order valence-electron chi connectivity index (χ0n) is 11.1. The molecule has 2 heteroatoms. The van der Waals surface area contributed by atoms with Crippen molar-refractivity contribution in [1.29, 1.82) is 0 Å². The maximum absolute atomic E-state index is 6.17. The molecule has 0 bridgehead atoms. The maximum atomic E-state index is 6.17. The lowest BCUT2D eigenvalue weighted by Gasteiger charge is -2.22. The molecule has 0 amide bonds. The van der Waals surface area contributed by atoms with Crippen LogP contribution >= 0.6 is 0 Å². The van der Waals surface area contributed by atoms with E-state index in [1.165, 1.54) is 18.4 Å². The highest BCUT2D eigenvalue weighted by molar-refractivity contribution is 5.18. The molecular formula is C15H23NO. The van der Waals surface area contributed by atoms with Crippen LogP contribution in [0.1, 0.15) is 45.4 Å². The number of hydrogen-bond acceptors (Lipinski definition) is 2. The smallest absolute Gasteiger partial charge is 0.137 e. The van der Waals surface area contributed by atoms with E-state index in [9.17, 15) is 0 Å². The Morgan fingerprint density at radius 3 is 2.65 bits per heavy atom. The van der Waals surface area contributed by atoms with E-state index in [0.29, 0.717) is 0 Å². The van der Waals surface area contributed by atoms with Crippen LogP contribution in [0.25, 0.3) is 0 Å². The molecule has 94 valence electrons. The number of hydrogen-bond donors (Lipinski definition) is 0. The summed E-state index contributed by atoms with van der Waals surface area (Å²) in [5.74, 6) is 0. The minimum Gasteiger partial charge on any atom is -0.352 e. The van der Waals surface area contributed by atoms with Gasteiger partial charge in [-0.15, -0.1) is 0 Å². The summed E-state index contributed by atoms with van der Waals surface area (Å²) in [4.78, 5) is 2.46. The second-order valence-electron chi connectivity index (χ2n) is 5.46. The average molecular weight is 233 g/mol. The van der Waals surface area contributed by atoms with Crippen molar-refractivity contribution in [3.8, 4) is 0 Å². The van der Waals surface area contributed by atoms with Crippen LogP contribution in [0.5, 0.6) is 0 Å². The van der Waals surface area contributed by atoms with Gasteiger partial charge in [0.05, 0.1) is 5.60 Å². The molecule has 1 aliphatic rings. The van der Waals surface area contributed by atoms with Gasteiger partial charge in [0.25, 0.3) is 0 Å². The normalized spacial score (nSPS) is 24.1. The van der Waals surface area contributed by atoms with Gasteiger partial charge in [0.2, 0.25) is 0 Å². The van der Waals surface area contributed by atoms with E-state index >= 15 is 0 Å². The van der Waals surface area contributed by atoms with Gasteiger partial charge in [-0.05, 0) is 25.8 Å². The number of rotatable bonds is 4. The Kier molecular flexibility index (Phi) is 3.85. The number of ether oxygens (including phenoxy) is 1. The Balaban J connectivity index is 2.13. The Bertz CT molecular complexity index is 347. The first-order chi connectivity index (χ1) is 8.12. The van der Waals surface area contributed by atoms with Crippen molar-refractivity contribution >= 4 is 0 Å². The molecule has 0 radical (unpaired) electrons. The first-order valence-electron chi connectivity index (χ1n) is 6.59. The molecule has 1 fully saturated rings. The Labute approximate surface area is 105 Å². The molecule has 1 heterocycles. The quantitative estimate of drug-likeness (QED) is 0.788. The van der Waals surface area contributed by atoms with Crippen molar-refractivity contribution in [2.24, 2.45) is 0 Å². The third-order valence-electron chi connectivity index (χ3n) is 3.23. The van der Waals surface area contributed by atoms with Gasteiger partial charge in [-0.2, -0.15) is 0 Å². The van der Waals surface area contributed by atoms with Crippen LogP contribution in [0.15, 0.2) is 30.3 Å². The topological polar surface area (TPSA) is 12.5 Å². The summed E-state index contributed by atoms with van der Waals surface area (Å²) in [5.41, 5.74) is 1.24. The largest absolute Gasteiger partial charge is 0.352 e. The molecule has 0 saturated carbocycles. The third-order valence-corrected chi connectivity index (χ3v) is 3.23. The molecule has 0 N–H and O–H groups in total. The second kappa shape index (κ2) is 5.19. The molecule has 17 heavy (non-hydrogen) atoms. The van der Waals surface area contributed by atoms with Crippen LogP contribution < -0.4 is 0 Å². The lowest BCUT2D eigenvalue weighted by Crippen LogP contribution is -2.29. The summed E-state index contributed by atoms with van der Waals surface area (Å²) >= 11 is 0. The van der Waals surface area contributed by atoms with E-state index in [1.807, 2.05) is 0 Å². The number of nitrogens with zero attached hydrogens (tertiary/aromatic N) is 1. The van der Waals surface area contributed by atoms with Gasteiger partial charge in [-0.3, -0.25) is 4.90 Å². The predicted molar refractivity (Wildman–Crippen MR) is 70.8 cm³/mol. The van der Waals surface area contributed by atoms with E-state index in [1.54, 1.807) is 0 Å². The molecule has 0 spiro atoms. The van der Waals surface area contributed by atoms with Crippen molar-refractivity contribution in [2.45, 2.75) is 45.4 Å². The van der Waals surface area contributed by atoms with Crippen molar-refractivity contribution in [1.82, 2.24) is 4.90 Å².